The highest BCUT2D eigenvalue weighted by molar-refractivity contribution is 5.69. The predicted molar refractivity (Wildman–Crippen MR) is 109 cm³/mol. The Bertz CT molecular complexity index is 902. The summed E-state index contributed by atoms with van der Waals surface area (Å²) in [6.45, 7) is 4.16. The number of nitrogens with zero attached hydrogens (tertiary/aromatic N) is 1. The minimum absolute atomic E-state index is 0.151. The van der Waals surface area contributed by atoms with E-state index >= 15 is 0 Å². The van der Waals surface area contributed by atoms with Crippen LogP contribution < -0.4 is 5.32 Å². The van der Waals surface area contributed by atoms with Crippen molar-refractivity contribution in [2.24, 2.45) is 0 Å². The van der Waals surface area contributed by atoms with Gasteiger partial charge >= 0.3 is 23.9 Å². The van der Waals surface area contributed by atoms with Gasteiger partial charge in [-0.1, -0.05) is 0 Å². The molecule has 0 radical (unpaired) electrons. The second kappa shape index (κ2) is 11.2. The molecule has 0 amide bonds. The molecule has 13 nitrogen and oxygen atoms in total. The number of benzene rings is 1. The zero-order valence-electron chi connectivity index (χ0n) is 18.3. The summed E-state index contributed by atoms with van der Waals surface area (Å²) in [4.78, 5) is 56.9. The second-order valence-electron chi connectivity index (χ2n) is 7.07. The summed E-state index contributed by atoms with van der Waals surface area (Å²) in [5, 5.41) is 13.8. The average Bonchev–Trinajstić information content (AvgIpc) is 2.70. The first-order valence-corrected chi connectivity index (χ1v) is 9.79. The van der Waals surface area contributed by atoms with E-state index in [2.05, 4.69) is 5.32 Å². The molecule has 0 spiro atoms. The Morgan fingerprint density at radius 2 is 1.39 bits per heavy atom. The molecule has 5 atom stereocenters. The van der Waals surface area contributed by atoms with E-state index < -0.39 is 59.4 Å². The molecule has 2 rings (SSSR count). The Labute approximate surface area is 188 Å². The van der Waals surface area contributed by atoms with E-state index in [9.17, 15) is 29.3 Å². The number of anilines is 1. The zero-order chi connectivity index (χ0) is 24.7. The normalized spacial score (nSPS) is 24.2. The van der Waals surface area contributed by atoms with Crippen molar-refractivity contribution in [2.45, 2.75) is 58.3 Å². The molecule has 33 heavy (non-hydrogen) atoms. The third kappa shape index (κ3) is 7.42. The fraction of sp³-hybridized carbons (Fsp3) is 0.500. The number of nitro groups is 1. The van der Waals surface area contributed by atoms with Crippen molar-refractivity contribution in [3.63, 3.8) is 0 Å². The van der Waals surface area contributed by atoms with Gasteiger partial charge in [-0.25, -0.2) is 0 Å². The van der Waals surface area contributed by atoms with E-state index in [-0.39, 0.29) is 12.3 Å². The SMILES string of the molecule is CC(=O)OCC1OC(Nc2ccc([N+](=O)[O-])cc2)C(OC(C)=O)C(OC(C)=O)C1OC(C)=O. The summed E-state index contributed by atoms with van der Waals surface area (Å²) in [5.74, 6) is -2.86. The highest BCUT2D eigenvalue weighted by Gasteiger charge is 2.52. The fourth-order valence-electron chi connectivity index (χ4n) is 3.19. The number of carbonyl (C=O) groups is 4. The van der Waals surface area contributed by atoms with E-state index in [0.717, 1.165) is 20.8 Å². The van der Waals surface area contributed by atoms with Crippen LogP contribution in [0.1, 0.15) is 27.7 Å². The smallest absolute Gasteiger partial charge is 0.303 e. The number of esters is 4. The van der Waals surface area contributed by atoms with Crippen LogP contribution in [0.25, 0.3) is 0 Å². The van der Waals surface area contributed by atoms with Crippen molar-refractivity contribution in [2.75, 3.05) is 11.9 Å². The Balaban J connectivity index is 2.43. The van der Waals surface area contributed by atoms with Crippen LogP contribution in [-0.2, 0) is 42.9 Å². The van der Waals surface area contributed by atoms with Crippen molar-refractivity contribution < 1.29 is 47.8 Å². The largest absolute Gasteiger partial charge is 0.463 e. The van der Waals surface area contributed by atoms with Crippen LogP contribution in [-0.4, -0.2) is 66.1 Å². The quantitative estimate of drug-likeness (QED) is 0.250. The minimum atomic E-state index is -1.32. The van der Waals surface area contributed by atoms with Gasteiger partial charge in [0.2, 0.25) is 0 Å². The Morgan fingerprint density at radius 1 is 0.879 bits per heavy atom. The number of rotatable bonds is 8. The third-order valence-electron chi connectivity index (χ3n) is 4.38. The topological polar surface area (TPSA) is 170 Å². The molecule has 1 saturated heterocycles. The minimum Gasteiger partial charge on any atom is -0.463 e. The van der Waals surface area contributed by atoms with Crippen molar-refractivity contribution in [1.82, 2.24) is 0 Å². The lowest BCUT2D eigenvalue weighted by Gasteiger charge is -2.44. The van der Waals surface area contributed by atoms with Gasteiger partial charge in [0.1, 0.15) is 12.7 Å². The highest BCUT2D eigenvalue weighted by atomic mass is 16.7. The van der Waals surface area contributed by atoms with Crippen LogP contribution in [0, 0.1) is 10.1 Å². The first kappa shape index (κ1) is 25.5. The van der Waals surface area contributed by atoms with Gasteiger partial charge in [0.25, 0.3) is 5.69 Å². The second-order valence-corrected chi connectivity index (χ2v) is 7.07. The average molecular weight is 468 g/mol. The van der Waals surface area contributed by atoms with Crippen molar-refractivity contribution >= 4 is 35.3 Å². The molecule has 180 valence electrons. The maximum Gasteiger partial charge on any atom is 0.303 e. The maximum absolute atomic E-state index is 11.8. The van der Waals surface area contributed by atoms with E-state index in [1.165, 1.54) is 31.2 Å². The number of hydrogen-bond donors (Lipinski definition) is 1. The molecule has 1 fully saturated rings. The molecule has 1 aromatic carbocycles. The summed E-state index contributed by atoms with van der Waals surface area (Å²) in [6, 6.07) is 5.28. The van der Waals surface area contributed by atoms with Crippen LogP contribution in [0.3, 0.4) is 0 Å². The molecule has 0 saturated carbocycles. The number of non-ortho nitro benzene ring substituents is 1. The van der Waals surface area contributed by atoms with Gasteiger partial charge in [0.05, 0.1) is 4.92 Å². The Hall–Kier alpha value is -3.74. The summed E-state index contributed by atoms with van der Waals surface area (Å²) < 4.78 is 26.8. The molecule has 0 aliphatic carbocycles. The van der Waals surface area contributed by atoms with Crippen LogP contribution in [0.5, 0.6) is 0 Å². The van der Waals surface area contributed by atoms with Gasteiger partial charge in [0, 0.05) is 45.5 Å². The van der Waals surface area contributed by atoms with Gasteiger partial charge in [-0.3, -0.25) is 29.3 Å². The number of nitro benzene ring substituents is 1. The van der Waals surface area contributed by atoms with Gasteiger partial charge in [0.15, 0.2) is 24.5 Å². The van der Waals surface area contributed by atoms with Gasteiger partial charge in [-0.2, -0.15) is 0 Å². The molecule has 0 bridgehead atoms. The highest BCUT2D eigenvalue weighted by Crippen LogP contribution is 2.30. The lowest BCUT2D eigenvalue weighted by Crippen LogP contribution is -2.64. The standard InChI is InChI=1S/C20H24N2O11/c1-10(23)29-9-16-17(30-11(2)24)18(31-12(3)25)19(32-13(4)26)20(33-16)21-14-5-7-15(8-6-14)22(27)28/h5-8,16-21H,9H2,1-4H3. The lowest BCUT2D eigenvalue weighted by atomic mass is 9.97. The van der Waals surface area contributed by atoms with Crippen LogP contribution in [0.15, 0.2) is 24.3 Å². The summed E-state index contributed by atoms with van der Waals surface area (Å²) >= 11 is 0. The van der Waals surface area contributed by atoms with Crippen molar-refractivity contribution in [3.8, 4) is 0 Å². The summed E-state index contributed by atoms with van der Waals surface area (Å²) in [7, 11) is 0. The number of ether oxygens (including phenoxy) is 5. The Kier molecular flexibility index (Phi) is 8.68. The van der Waals surface area contributed by atoms with Crippen LogP contribution in [0.2, 0.25) is 0 Å². The van der Waals surface area contributed by atoms with Gasteiger partial charge in [-0.05, 0) is 12.1 Å². The molecule has 13 heteroatoms. The predicted octanol–water partition coefficient (Wildman–Crippen LogP) is 1.09. The number of nitrogens with one attached hydrogen (secondary N) is 1. The van der Waals surface area contributed by atoms with E-state index in [0.29, 0.717) is 5.69 Å². The first-order valence-electron chi connectivity index (χ1n) is 9.79. The van der Waals surface area contributed by atoms with Crippen molar-refractivity contribution in [1.29, 1.82) is 0 Å². The molecular formula is C20H24N2O11. The first-order chi connectivity index (χ1) is 15.5. The molecule has 1 heterocycles. The maximum atomic E-state index is 11.8. The monoisotopic (exact) mass is 468 g/mol. The van der Waals surface area contributed by atoms with Crippen LogP contribution in [0.4, 0.5) is 11.4 Å². The Morgan fingerprint density at radius 3 is 1.88 bits per heavy atom. The fourth-order valence-corrected chi connectivity index (χ4v) is 3.19. The zero-order valence-corrected chi connectivity index (χ0v) is 18.3. The lowest BCUT2D eigenvalue weighted by molar-refractivity contribution is -0.384. The molecule has 5 unspecified atom stereocenters. The molecule has 1 aliphatic rings. The molecule has 1 aliphatic heterocycles. The van der Waals surface area contributed by atoms with E-state index in [1.54, 1.807) is 0 Å². The summed E-state index contributed by atoms with van der Waals surface area (Å²) in [5.41, 5.74) is 0.198. The molecule has 0 aromatic heterocycles. The van der Waals surface area contributed by atoms with E-state index in [4.69, 9.17) is 23.7 Å². The van der Waals surface area contributed by atoms with Gasteiger partial charge in [-0.15, -0.1) is 0 Å². The summed E-state index contributed by atoms with van der Waals surface area (Å²) in [6.07, 6.45) is -6.17. The van der Waals surface area contributed by atoms with E-state index in [1.807, 2.05) is 0 Å². The number of carbonyl (C=O) groups excluding carboxylic acids is 4. The molecule has 1 aromatic rings. The van der Waals surface area contributed by atoms with Crippen LogP contribution >= 0.6 is 0 Å². The molecule has 1 N–H and O–H groups in total. The third-order valence-corrected chi connectivity index (χ3v) is 4.38. The van der Waals surface area contributed by atoms with Gasteiger partial charge < -0.3 is 29.0 Å². The van der Waals surface area contributed by atoms with Crippen molar-refractivity contribution in [3.05, 3.63) is 34.4 Å². The molecular weight excluding hydrogens is 444 g/mol. The number of hydrogen-bond acceptors (Lipinski definition) is 12.